The highest BCUT2D eigenvalue weighted by atomic mass is 16.6. The van der Waals surface area contributed by atoms with E-state index in [1.807, 2.05) is 18.2 Å². The van der Waals surface area contributed by atoms with Crippen LogP contribution in [0.15, 0.2) is 30.5 Å². The largest absolute Gasteiger partial charge is 0.412 e. The molecule has 8 nitrogen and oxygen atoms in total. The number of anilines is 1. The molecule has 0 aliphatic rings. The van der Waals surface area contributed by atoms with Gasteiger partial charge >= 0.3 is 6.09 Å². The fraction of sp³-hybridized carbons (Fsp3) is 0.417. The van der Waals surface area contributed by atoms with E-state index in [0.717, 1.165) is 29.1 Å². The van der Waals surface area contributed by atoms with Gasteiger partial charge in [-0.25, -0.2) is 9.78 Å². The molecule has 3 aromatic rings. The highest BCUT2D eigenvalue weighted by Crippen LogP contribution is 2.27. The lowest BCUT2D eigenvalue weighted by Gasteiger charge is -2.15. The quantitative estimate of drug-likeness (QED) is 0.417. The molecule has 0 aliphatic carbocycles. The number of fused-ring (bicyclic) bond motifs is 1. The van der Waals surface area contributed by atoms with Crippen molar-refractivity contribution in [1.29, 1.82) is 0 Å². The molecule has 32 heavy (non-hydrogen) atoms. The Morgan fingerprint density at radius 3 is 2.78 bits per heavy atom. The zero-order valence-electron chi connectivity index (χ0n) is 19.2. The van der Waals surface area contributed by atoms with Crippen LogP contribution < -0.4 is 15.4 Å². The molecule has 0 spiro atoms. The number of aliphatic hydroxyl groups excluding tert-OH is 1. The minimum absolute atomic E-state index is 0.0494. The van der Waals surface area contributed by atoms with Crippen molar-refractivity contribution in [2.24, 2.45) is 0 Å². The number of imidazole rings is 1. The molecule has 8 heteroatoms. The Hall–Kier alpha value is -3.10. The molecule has 0 fully saturated rings. The molecule has 0 aliphatic heterocycles. The maximum atomic E-state index is 12.2. The Morgan fingerprint density at radius 2 is 2.03 bits per heavy atom. The Kier molecular flexibility index (Phi) is 8.08. The fourth-order valence-electron chi connectivity index (χ4n) is 3.60. The van der Waals surface area contributed by atoms with E-state index in [4.69, 9.17) is 19.6 Å². The van der Waals surface area contributed by atoms with Gasteiger partial charge in [-0.1, -0.05) is 25.1 Å². The van der Waals surface area contributed by atoms with E-state index in [1.54, 1.807) is 12.3 Å². The molecule has 0 saturated heterocycles. The Balaban J connectivity index is 1.80. The number of aliphatic hydroxyl groups is 1. The van der Waals surface area contributed by atoms with Crippen molar-refractivity contribution in [3.63, 3.8) is 0 Å². The van der Waals surface area contributed by atoms with Gasteiger partial charge in [0, 0.05) is 24.8 Å². The second-order valence-corrected chi connectivity index (χ2v) is 7.64. The number of benzene rings is 1. The first-order valence-corrected chi connectivity index (χ1v) is 10.9. The molecule has 0 radical (unpaired) electrons. The van der Waals surface area contributed by atoms with Gasteiger partial charge < -0.3 is 25.2 Å². The summed E-state index contributed by atoms with van der Waals surface area (Å²) < 4.78 is 12.6. The predicted molar refractivity (Wildman–Crippen MR) is 124 cm³/mol. The highest BCUT2D eigenvalue weighted by Gasteiger charge is 2.14. The lowest BCUT2D eigenvalue weighted by molar-refractivity contribution is 0.0935. The summed E-state index contributed by atoms with van der Waals surface area (Å²) in [4.78, 5) is 16.9. The van der Waals surface area contributed by atoms with Gasteiger partial charge in [0.15, 0.2) is 11.4 Å². The van der Waals surface area contributed by atoms with Crippen LogP contribution in [0.3, 0.4) is 0 Å². The Bertz CT molecular complexity index is 1080. The van der Waals surface area contributed by atoms with Crippen molar-refractivity contribution in [3.8, 4) is 5.75 Å². The zero-order chi connectivity index (χ0) is 23.1. The molecule has 0 atom stereocenters. The third-order valence-corrected chi connectivity index (χ3v) is 5.48. The van der Waals surface area contributed by atoms with Gasteiger partial charge in [-0.15, -0.1) is 0 Å². The van der Waals surface area contributed by atoms with Gasteiger partial charge in [-0.3, -0.25) is 4.40 Å². The maximum Gasteiger partial charge on any atom is 0.412 e. The number of aromatic nitrogens is 2. The molecule has 0 unspecified atom stereocenters. The number of hydrogen-bond donors (Lipinski definition) is 3. The Morgan fingerprint density at radius 1 is 1.22 bits per heavy atom. The lowest BCUT2D eigenvalue weighted by atomic mass is 10.00. The van der Waals surface area contributed by atoms with Gasteiger partial charge in [0.2, 0.25) is 0 Å². The number of pyridine rings is 1. The van der Waals surface area contributed by atoms with E-state index in [9.17, 15) is 4.79 Å². The minimum Gasteiger partial charge on any atom is -0.409 e. The first-order chi connectivity index (χ1) is 15.4. The molecule has 3 N–H and O–H groups in total. The maximum absolute atomic E-state index is 12.2. The van der Waals surface area contributed by atoms with Gasteiger partial charge in [0.25, 0.3) is 0 Å². The van der Waals surface area contributed by atoms with Crippen molar-refractivity contribution in [2.45, 2.75) is 40.7 Å². The fourth-order valence-corrected chi connectivity index (χ4v) is 3.60. The number of carbonyl (C=O) groups is 1. The van der Waals surface area contributed by atoms with Crippen LogP contribution in [0.5, 0.6) is 5.75 Å². The molecule has 0 bridgehead atoms. The molecule has 2 heterocycles. The van der Waals surface area contributed by atoms with Crippen molar-refractivity contribution in [1.82, 2.24) is 14.7 Å². The smallest absolute Gasteiger partial charge is 0.409 e. The van der Waals surface area contributed by atoms with Crippen molar-refractivity contribution >= 4 is 17.4 Å². The highest BCUT2D eigenvalue weighted by molar-refractivity contribution is 5.74. The molecule has 172 valence electrons. The van der Waals surface area contributed by atoms with Crippen LogP contribution in [0.25, 0.3) is 5.65 Å². The predicted octanol–water partition coefficient (Wildman–Crippen LogP) is 3.53. The second kappa shape index (κ2) is 11.0. The zero-order valence-corrected chi connectivity index (χ0v) is 19.2. The number of carbonyl (C=O) groups excluding carboxylic acids is 1. The SMILES string of the molecule is CCc1cccc(C)c1CNc1cc(OC(=O)NCCOCCO)cn2c(C)c(C)nc12. The van der Waals surface area contributed by atoms with Crippen LogP contribution in [-0.2, 0) is 17.7 Å². The van der Waals surface area contributed by atoms with Gasteiger partial charge in [0.05, 0.1) is 37.4 Å². The number of nitrogens with zero attached hydrogens (tertiary/aromatic N) is 2. The molecule has 2 aromatic heterocycles. The average Bonchev–Trinajstić information content (AvgIpc) is 3.06. The van der Waals surface area contributed by atoms with Crippen LogP contribution in [0, 0.1) is 20.8 Å². The van der Waals surface area contributed by atoms with Crippen molar-refractivity contribution in [2.75, 3.05) is 31.7 Å². The van der Waals surface area contributed by atoms with E-state index in [2.05, 4.69) is 42.7 Å². The van der Waals surface area contributed by atoms with Crippen LogP contribution in [0.4, 0.5) is 10.5 Å². The van der Waals surface area contributed by atoms with E-state index in [0.29, 0.717) is 25.4 Å². The Labute approximate surface area is 188 Å². The monoisotopic (exact) mass is 440 g/mol. The molecule has 1 amide bonds. The number of aryl methyl sites for hydroxylation is 4. The van der Waals surface area contributed by atoms with Gasteiger partial charge in [-0.05, 0) is 43.9 Å². The summed E-state index contributed by atoms with van der Waals surface area (Å²) >= 11 is 0. The van der Waals surface area contributed by atoms with E-state index < -0.39 is 6.09 Å². The third kappa shape index (κ3) is 5.57. The second-order valence-electron chi connectivity index (χ2n) is 7.64. The summed E-state index contributed by atoms with van der Waals surface area (Å²) in [5.74, 6) is 0.412. The summed E-state index contributed by atoms with van der Waals surface area (Å²) in [5.41, 5.74) is 7.29. The number of nitrogens with one attached hydrogen (secondary N) is 2. The summed E-state index contributed by atoms with van der Waals surface area (Å²) in [7, 11) is 0. The van der Waals surface area contributed by atoms with E-state index >= 15 is 0 Å². The third-order valence-electron chi connectivity index (χ3n) is 5.48. The van der Waals surface area contributed by atoms with E-state index in [1.165, 1.54) is 16.7 Å². The van der Waals surface area contributed by atoms with Crippen LogP contribution in [0.1, 0.15) is 35.0 Å². The first kappa shape index (κ1) is 23.6. The minimum atomic E-state index is -0.565. The molecule has 0 saturated carbocycles. The number of amides is 1. The summed E-state index contributed by atoms with van der Waals surface area (Å²) in [6.07, 6.45) is 2.16. The average molecular weight is 441 g/mol. The molecule has 3 rings (SSSR count). The van der Waals surface area contributed by atoms with Crippen molar-refractivity contribution < 1.29 is 19.4 Å². The summed E-state index contributed by atoms with van der Waals surface area (Å²) in [6, 6.07) is 8.15. The van der Waals surface area contributed by atoms with E-state index in [-0.39, 0.29) is 13.2 Å². The van der Waals surface area contributed by atoms with Gasteiger partial charge in [0.1, 0.15) is 0 Å². The van der Waals surface area contributed by atoms with Gasteiger partial charge in [-0.2, -0.15) is 0 Å². The van der Waals surface area contributed by atoms with Crippen molar-refractivity contribution in [3.05, 3.63) is 58.5 Å². The number of rotatable bonds is 10. The molecular weight excluding hydrogens is 408 g/mol. The lowest BCUT2D eigenvalue weighted by Crippen LogP contribution is -2.30. The number of ether oxygens (including phenoxy) is 2. The van der Waals surface area contributed by atoms with Crippen LogP contribution >= 0.6 is 0 Å². The summed E-state index contributed by atoms with van der Waals surface area (Å²) in [5, 5.41) is 14.9. The first-order valence-electron chi connectivity index (χ1n) is 10.9. The molecular formula is C24H32N4O4. The normalized spacial score (nSPS) is 11.0. The standard InChI is InChI=1S/C24H32N4O4/c1-5-19-8-6-7-16(2)21(19)14-26-22-13-20(15-28-18(4)17(3)27-23(22)28)32-24(30)25-9-11-31-12-10-29/h6-8,13,15,26,29H,5,9-12,14H2,1-4H3,(H,25,30). The number of hydrogen-bond acceptors (Lipinski definition) is 6. The van der Waals surface area contributed by atoms with Crippen LogP contribution in [-0.4, -0.2) is 46.9 Å². The topological polar surface area (TPSA) is 97.1 Å². The molecule has 1 aromatic carbocycles. The van der Waals surface area contributed by atoms with Crippen LogP contribution in [0.2, 0.25) is 0 Å². The summed E-state index contributed by atoms with van der Waals surface area (Å²) in [6.45, 7) is 9.65.